The normalized spacial score (nSPS) is 10.4. The lowest BCUT2D eigenvalue weighted by atomic mass is 9.98. The number of nitrogens with zero attached hydrogens (tertiary/aromatic N) is 1. The number of hydrogen-bond acceptors (Lipinski definition) is 3. The van der Waals surface area contributed by atoms with Gasteiger partial charge in [0.25, 0.3) is 5.91 Å². The van der Waals surface area contributed by atoms with Crippen LogP contribution in [0.15, 0.2) is 59.1 Å². The third-order valence-electron chi connectivity index (χ3n) is 4.32. The van der Waals surface area contributed by atoms with Crippen molar-refractivity contribution in [3.63, 3.8) is 0 Å². The molecule has 5 nitrogen and oxygen atoms in total. The summed E-state index contributed by atoms with van der Waals surface area (Å²) in [5, 5.41) is 4.95. The van der Waals surface area contributed by atoms with Gasteiger partial charge in [0, 0.05) is 15.7 Å². The zero-order valence-corrected chi connectivity index (χ0v) is 17.4. The summed E-state index contributed by atoms with van der Waals surface area (Å²) in [6.07, 6.45) is 0. The molecule has 1 heterocycles. The van der Waals surface area contributed by atoms with Crippen molar-refractivity contribution in [2.45, 2.75) is 20.8 Å². The molecule has 0 bridgehead atoms. The van der Waals surface area contributed by atoms with E-state index in [0.717, 1.165) is 22.4 Å². The molecule has 0 spiro atoms. The van der Waals surface area contributed by atoms with Gasteiger partial charge < -0.3 is 0 Å². The molecule has 6 heteroatoms. The Kier molecular flexibility index (Phi) is 5.90. The fourth-order valence-electron chi connectivity index (χ4n) is 3.02. The fraction of sp³-hybridized carbons (Fsp3) is 0.136. The minimum atomic E-state index is -0.630. The van der Waals surface area contributed by atoms with E-state index >= 15 is 0 Å². The van der Waals surface area contributed by atoms with Gasteiger partial charge in [-0.15, -0.1) is 0 Å². The van der Waals surface area contributed by atoms with Crippen LogP contribution in [0.2, 0.25) is 0 Å². The SMILES string of the molecule is Cc1ccc(-c2c(C)cc(NC(=O)NC(=O)c3ccccc3Br)nc2C)cc1. The van der Waals surface area contributed by atoms with E-state index in [1.54, 1.807) is 30.3 Å². The molecule has 0 atom stereocenters. The van der Waals surface area contributed by atoms with Gasteiger partial charge in [-0.3, -0.25) is 15.4 Å². The van der Waals surface area contributed by atoms with Crippen molar-refractivity contribution in [2.24, 2.45) is 0 Å². The summed E-state index contributed by atoms with van der Waals surface area (Å²) in [5.41, 5.74) is 5.48. The molecular formula is C22H20BrN3O2. The maximum absolute atomic E-state index is 12.2. The summed E-state index contributed by atoms with van der Waals surface area (Å²) in [6.45, 7) is 5.92. The Hall–Kier alpha value is -2.99. The molecule has 0 saturated heterocycles. The van der Waals surface area contributed by atoms with Gasteiger partial charge in [0.1, 0.15) is 5.82 Å². The number of pyridine rings is 1. The van der Waals surface area contributed by atoms with E-state index in [2.05, 4.69) is 55.8 Å². The number of benzene rings is 2. The first-order valence-electron chi connectivity index (χ1n) is 8.77. The maximum Gasteiger partial charge on any atom is 0.327 e. The summed E-state index contributed by atoms with van der Waals surface area (Å²) >= 11 is 3.30. The molecule has 0 unspecified atom stereocenters. The van der Waals surface area contributed by atoms with Crippen LogP contribution in [0.1, 0.15) is 27.2 Å². The average Bonchev–Trinajstić information content (AvgIpc) is 2.63. The van der Waals surface area contributed by atoms with E-state index in [0.29, 0.717) is 15.9 Å². The van der Waals surface area contributed by atoms with Gasteiger partial charge >= 0.3 is 6.03 Å². The van der Waals surface area contributed by atoms with Crippen LogP contribution >= 0.6 is 15.9 Å². The van der Waals surface area contributed by atoms with Crippen LogP contribution < -0.4 is 10.6 Å². The summed E-state index contributed by atoms with van der Waals surface area (Å²) in [4.78, 5) is 28.9. The van der Waals surface area contributed by atoms with Gasteiger partial charge in [-0.25, -0.2) is 9.78 Å². The molecule has 142 valence electrons. The molecule has 3 rings (SSSR count). The van der Waals surface area contributed by atoms with Crippen LogP contribution in [-0.2, 0) is 0 Å². The zero-order valence-electron chi connectivity index (χ0n) is 15.8. The molecule has 0 saturated carbocycles. The largest absolute Gasteiger partial charge is 0.327 e. The van der Waals surface area contributed by atoms with Crippen LogP contribution in [-0.4, -0.2) is 16.9 Å². The summed E-state index contributed by atoms with van der Waals surface area (Å²) in [5.74, 6) is -0.0991. The lowest BCUT2D eigenvalue weighted by Crippen LogP contribution is -2.34. The standard InChI is InChI=1S/C22H20BrN3O2/c1-13-8-10-16(11-9-13)20-14(2)12-19(24-15(20)3)25-22(28)26-21(27)17-6-4-5-7-18(17)23/h4-12H,1-3H3,(H2,24,25,26,27,28). The van der Waals surface area contributed by atoms with Crippen molar-refractivity contribution in [3.8, 4) is 11.1 Å². The van der Waals surface area contributed by atoms with Gasteiger partial charge in [-0.05, 0) is 66.0 Å². The Balaban J connectivity index is 1.76. The highest BCUT2D eigenvalue weighted by molar-refractivity contribution is 9.10. The van der Waals surface area contributed by atoms with E-state index in [4.69, 9.17) is 0 Å². The summed E-state index contributed by atoms with van der Waals surface area (Å²) in [7, 11) is 0. The number of nitrogens with one attached hydrogen (secondary N) is 2. The van der Waals surface area contributed by atoms with Crippen molar-refractivity contribution in [2.75, 3.05) is 5.32 Å². The molecule has 0 radical (unpaired) electrons. The first-order valence-corrected chi connectivity index (χ1v) is 9.56. The molecule has 3 aromatic rings. The molecule has 28 heavy (non-hydrogen) atoms. The third kappa shape index (κ3) is 4.46. The molecule has 2 N–H and O–H groups in total. The number of rotatable bonds is 3. The van der Waals surface area contributed by atoms with E-state index in [-0.39, 0.29) is 0 Å². The maximum atomic E-state index is 12.2. The third-order valence-corrected chi connectivity index (χ3v) is 5.02. The Morgan fingerprint density at radius 1 is 0.964 bits per heavy atom. The summed E-state index contributed by atoms with van der Waals surface area (Å²) in [6, 6.07) is 16.3. The first kappa shape index (κ1) is 19.8. The predicted molar refractivity (Wildman–Crippen MR) is 115 cm³/mol. The number of hydrogen-bond donors (Lipinski definition) is 2. The second kappa shape index (κ2) is 8.35. The number of anilines is 1. The highest BCUT2D eigenvalue weighted by atomic mass is 79.9. The average molecular weight is 438 g/mol. The highest BCUT2D eigenvalue weighted by Gasteiger charge is 2.15. The molecule has 0 fully saturated rings. The Morgan fingerprint density at radius 3 is 2.29 bits per heavy atom. The predicted octanol–water partition coefficient (Wildman–Crippen LogP) is 5.40. The van der Waals surface area contributed by atoms with Crippen molar-refractivity contribution in [1.82, 2.24) is 10.3 Å². The number of amides is 3. The molecular weight excluding hydrogens is 418 g/mol. The molecule has 0 aliphatic rings. The van der Waals surface area contributed by atoms with Gasteiger partial charge in [-0.2, -0.15) is 0 Å². The van der Waals surface area contributed by atoms with Crippen molar-refractivity contribution < 1.29 is 9.59 Å². The second-order valence-corrected chi connectivity index (χ2v) is 7.39. The molecule has 3 amide bonds. The number of halogens is 1. The zero-order chi connectivity index (χ0) is 20.3. The van der Waals surface area contributed by atoms with Gasteiger partial charge in [0.15, 0.2) is 0 Å². The van der Waals surface area contributed by atoms with Crippen molar-refractivity contribution in [3.05, 3.63) is 81.5 Å². The fourth-order valence-corrected chi connectivity index (χ4v) is 3.48. The molecule has 0 aliphatic heterocycles. The Labute approximate surface area is 172 Å². The number of carbonyl (C=O) groups is 2. The molecule has 0 aliphatic carbocycles. The highest BCUT2D eigenvalue weighted by Crippen LogP contribution is 2.28. The smallest absolute Gasteiger partial charge is 0.292 e. The second-order valence-electron chi connectivity index (χ2n) is 6.54. The molecule has 2 aromatic carbocycles. The minimum absolute atomic E-state index is 0.382. The number of aryl methyl sites for hydroxylation is 3. The van der Waals surface area contributed by atoms with Gasteiger partial charge in [0.2, 0.25) is 0 Å². The van der Waals surface area contributed by atoms with Crippen molar-refractivity contribution in [1.29, 1.82) is 0 Å². The molecule has 1 aromatic heterocycles. The van der Waals surface area contributed by atoms with Crippen LogP contribution in [0.4, 0.5) is 10.6 Å². The quantitative estimate of drug-likeness (QED) is 0.576. The van der Waals surface area contributed by atoms with Gasteiger partial charge in [0.05, 0.1) is 5.56 Å². The Bertz CT molecular complexity index is 1020. The number of carbonyl (C=O) groups excluding carboxylic acids is 2. The topological polar surface area (TPSA) is 71.1 Å². The van der Waals surface area contributed by atoms with Crippen LogP contribution in [0.5, 0.6) is 0 Å². The number of aromatic nitrogens is 1. The first-order chi connectivity index (χ1) is 13.3. The van der Waals surface area contributed by atoms with Crippen molar-refractivity contribution >= 4 is 33.7 Å². The number of urea groups is 1. The van der Waals surface area contributed by atoms with E-state index in [1.807, 2.05) is 20.8 Å². The lowest BCUT2D eigenvalue weighted by molar-refractivity contribution is 0.0966. The van der Waals surface area contributed by atoms with Crippen LogP contribution in [0.3, 0.4) is 0 Å². The lowest BCUT2D eigenvalue weighted by Gasteiger charge is -2.13. The van der Waals surface area contributed by atoms with E-state index in [9.17, 15) is 9.59 Å². The van der Waals surface area contributed by atoms with E-state index in [1.165, 1.54) is 5.56 Å². The number of imide groups is 1. The Morgan fingerprint density at radius 2 is 1.64 bits per heavy atom. The minimum Gasteiger partial charge on any atom is -0.292 e. The van der Waals surface area contributed by atoms with Crippen LogP contribution in [0, 0.1) is 20.8 Å². The summed E-state index contributed by atoms with van der Waals surface area (Å²) < 4.78 is 0.618. The monoisotopic (exact) mass is 437 g/mol. The van der Waals surface area contributed by atoms with E-state index < -0.39 is 11.9 Å². The van der Waals surface area contributed by atoms with Crippen LogP contribution in [0.25, 0.3) is 11.1 Å². The van der Waals surface area contributed by atoms with Gasteiger partial charge in [-0.1, -0.05) is 42.0 Å².